The van der Waals surface area contributed by atoms with Gasteiger partial charge in [-0.15, -0.1) is 0 Å². The summed E-state index contributed by atoms with van der Waals surface area (Å²) < 4.78 is 17.2. The second-order valence-electron chi connectivity index (χ2n) is 5.75. The molecule has 26 heavy (non-hydrogen) atoms. The fourth-order valence-electron chi connectivity index (χ4n) is 2.28. The highest BCUT2D eigenvalue weighted by Gasteiger charge is 2.21. The minimum Gasteiger partial charge on any atom is -0.497 e. The molecule has 8 nitrogen and oxygen atoms in total. The largest absolute Gasteiger partial charge is 0.497 e. The molecule has 0 radical (unpaired) electrons. The summed E-state index contributed by atoms with van der Waals surface area (Å²) in [5.74, 6) is 0.123. The van der Waals surface area contributed by atoms with Gasteiger partial charge in [0.1, 0.15) is 11.5 Å². The first-order valence-electron chi connectivity index (χ1n) is 8.09. The Kier molecular flexibility index (Phi) is 6.21. The standard InChI is InChI=1S/C18H23N3O5/c1-11-17(12(2)21(4)20-11)19-18(23)13(3)26-16(22)10-25-15-8-6-14(24-5)7-9-15/h6-9,13H,10H2,1-5H3,(H,19,23)/t13-/m0/s1. The number of carbonyl (C=O) groups excluding carboxylic acids is 2. The van der Waals surface area contributed by atoms with E-state index < -0.39 is 18.0 Å². The van der Waals surface area contributed by atoms with Crippen LogP contribution in [0.5, 0.6) is 11.5 Å². The Morgan fingerprint density at radius 2 is 1.81 bits per heavy atom. The van der Waals surface area contributed by atoms with E-state index >= 15 is 0 Å². The lowest BCUT2D eigenvalue weighted by atomic mass is 10.3. The van der Waals surface area contributed by atoms with Crippen LogP contribution in [0.25, 0.3) is 0 Å². The average Bonchev–Trinajstić information content (AvgIpc) is 2.86. The highest BCUT2D eigenvalue weighted by Crippen LogP contribution is 2.19. The number of esters is 1. The summed E-state index contributed by atoms with van der Waals surface area (Å²) in [5, 5.41) is 6.96. The van der Waals surface area contributed by atoms with Crippen molar-refractivity contribution in [1.82, 2.24) is 9.78 Å². The molecule has 140 valence electrons. The van der Waals surface area contributed by atoms with Crippen molar-refractivity contribution in [3.8, 4) is 11.5 Å². The van der Waals surface area contributed by atoms with Gasteiger partial charge in [-0.05, 0) is 45.0 Å². The van der Waals surface area contributed by atoms with E-state index in [2.05, 4.69) is 10.4 Å². The smallest absolute Gasteiger partial charge is 0.344 e. The number of nitrogens with zero attached hydrogens (tertiary/aromatic N) is 2. The Hall–Kier alpha value is -3.03. The molecule has 1 atom stereocenters. The van der Waals surface area contributed by atoms with Gasteiger partial charge < -0.3 is 19.5 Å². The van der Waals surface area contributed by atoms with E-state index in [4.69, 9.17) is 14.2 Å². The first kappa shape index (κ1) is 19.3. The monoisotopic (exact) mass is 361 g/mol. The van der Waals surface area contributed by atoms with Crippen LogP contribution in [0.3, 0.4) is 0 Å². The number of ether oxygens (including phenoxy) is 3. The number of hydrogen-bond donors (Lipinski definition) is 1. The van der Waals surface area contributed by atoms with Crippen LogP contribution in [0.4, 0.5) is 5.69 Å². The number of amides is 1. The van der Waals surface area contributed by atoms with E-state index in [9.17, 15) is 9.59 Å². The Morgan fingerprint density at radius 3 is 2.35 bits per heavy atom. The molecule has 0 aliphatic rings. The van der Waals surface area contributed by atoms with E-state index in [0.717, 1.165) is 5.69 Å². The molecule has 1 aromatic carbocycles. The molecule has 0 saturated heterocycles. The van der Waals surface area contributed by atoms with Gasteiger partial charge in [0, 0.05) is 7.05 Å². The van der Waals surface area contributed by atoms with Crippen LogP contribution in [0, 0.1) is 13.8 Å². The van der Waals surface area contributed by atoms with Crippen molar-refractivity contribution >= 4 is 17.6 Å². The van der Waals surface area contributed by atoms with Gasteiger partial charge in [-0.2, -0.15) is 5.10 Å². The Labute approximate surface area is 152 Å². The second kappa shape index (κ2) is 8.37. The number of hydrogen-bond acceptors (Lipinski definition) is 6. The number of methoxy groups -OCH3 is 1. The average molecular weight is 361 g/mol. The molecule has 0 aliphatic heterocycles. The highest BCUT2D eigenvalue weighted by molar-refractivity contribution is 5.96. The van der Waals surface area contributed by atoms with Crippen molar-refractivity contribution in [1.29, 1.82) is 0 Å². The number of rotatable bonds is 7. The van der Waals surface area contributed by atoms with Gasteiger partial charge in [0.2, 0.25) is 0 Å². The summed E-state index contributed by atoms with van der Waals surface area (Å²) in [4.78, 5) is 24.1. The molecule has 0 unspecified atom stereocenters. The Morgan fingerprint density at radius 1 is 1.19 bits per heavy atom. The predicted octanol–water partition coefficient (Wildman–Crippen LogP) is 1.99. The molecule has 0 saturated carbocycles. The molecule has 0 fully saturated rings. The Balaban J connectivity index is 1.84. The van der Waals surface area contributed by atoms with E-state index in [0.29, 0.717) is 22.9 Å². The minimum absolute atomic E-state index is 0.297. The molecule has 1 N–H and O–H groups in total. The number of anilines is 1. The van der Waals surface area contributed by atoms with E-state index in [1.807, 2.05) is 6.92 Å². The summed E-state index contributed by atoms with van der Waals surface area (Å²) in [6.45, 7) is 4.84. The first-order chi connectivity index (χ1) is 12.3. The van der Waals surface area contributed by atoms with Gasteiger partial charge in [-0.1, -0.05) is 0 Å². The number of carbonyl (C=O) groups is 2. The maximum absolute atomic E-state index is 12.2. The maximum atomic E-state index is 12.2. The fraction of sp³-hybridized carbons (Fsp3) is 0.389. The maximum Gasteiger partial charge on any atom is 0.344 e. The van der Waals surface area contributed by atoms with Crippen molar-refractivity contribution in [2.75, 3.05) is 19.0 Å². The van der Waals surface area contributed by atoms with Crippen molar-refractivity contribution < 1.29 is 23.8 Å². The summed E-state index contributed by atoms with van der Waals surface area (Å²) in [6.07, 6.45) is -0.957. The van der Waals surface area contributed by atoms with E-state index in [-0.39, 0.29) is 6.61 Å². The number of aryl methyl sites for hydroxylation is 2. The second-order valence-corrected chi connectivity index (χ2v) is 5.75. The van der Waals surface area contributed by atoms with E-state index in [1.165, 1.54) is 6.92 Å². The Bertz CT molecular complexity index is 783. The van der Waals surface area contributed by atoms with Crippen molar-refractivity contribution in [3.63, 3.8) is 0 Å². The zero-order valence-corrected chi connectivity index (χ0v) is 15.5. The first-order valence-corrected chi connectivity index (χ1v) is 8.09. The highest BCUT2D eigenvalue weighted by atomic mass is 16.6. The van der Waals surface area contributed by atoms with Crippen LogP contribution >= 0.6 is 0 Å². The molecule has 0 spiro atoms. The third kappa shape index (κ3) is 4.75. The summed E-state index contributed by atoms with van der Waals surface area (Å²) in [7, 11) is 3.35. The molecule has 2 aromatic rings. The van der Waals surface area contributed by atoms with Gasteiger partial charge in [0.05, 0.1) is 24.2 Å². The quantitative estimate of drug-likeness (QED) is 0.759. The van der Waals surface area contributed by atoms with Crippen molar-refractivity contribution in [2.45, 2.75) is 26.9 Å². The lowest BCUT2D eigenvalue weighted by Gasteiger charge is -2.14. The summed E-state index contributed by atoms with van der Waals surface area (Å²) >= 11 is 0. The van der Waals surface area contributed by atoms with Crippen LogP contribution in [0.15, 0.2) is 24.3 Å². The summed E-state index contributed by atoms with van der Waals surface area (Å²) in [5.41, 5.74) is 2.13. The van der Waals surface area contributed by atoms with Crippen molar-refractivity contribution in [3.05, 3.63) is 35.7 Å². The number of benzene rings is 1. The van der Waals surface area contributed by atoms with Gasteiger partial charge in [0.15, 0.2) is 12.7 Å². The zero-order chi connectivity index (χ0) is 19.3. The minimum atomic E-state index is -0.957. The van der Waals surface area contributed by atoms with Gasteiger partial charge in [-0.25, -0.2) is 4.79 Å². The fourth-order valence-corrected chi connectivity index (χ4v) is 2.28. The molecule has 0 aliphatic carbocycles. The van der Waals surface area contributed by atoms with Crippen LogP contribution < -0.4 is 14.8 Å². The van der Waals surface area contributed by atoms with Gasteiger partial charge in [0.25, 0.3) is 5.91 Å². The van der Waals surface area contributed by atoms with Crippen LogP contribution in [0.1, 0.15) is 18.3 Å². The van der Waals surface area contributed by atoms with Gasteiger partial charge in [-0.3, -0.25) is 9.48 Å². The third-order valence-electron chi connectivity index (χ3n) is 3.85. The number of aromatic nitrogens is 2. The molecule has 2 rings (SSSR count). The van der Waals surface area contributed by atoms with E-state index in [1.54, 1.807) is 50.0 Å². The lowest BCUT2D eigenvalue weighted by Crippen LogP contribution is -2.32. The molecule has 1 amide bonds. The van der Waals surface area contributed by atoms with Gasteiger partial charge >= 0.3 is 5.97 Å². The van der Waals surface area contributed by atoms with Crippen LogP contribution in [-0.2, 0) is 21.4 Å². The normalized spacial score (nSPS) is 11.6. The summed E-state index contributed by atoms with van der Waals surface area (Å²) in [6, 6.07) is 6.79. The zero-order valence-electron chi connectivity index (χ0n) is 15.5. The molecule has 1 aromatic heterocycles. The molecular weight excluding hydrogens is 338 g/mol. The SMILES string of the molecule is COc1ccc(OCC(=O)O[C@@H](C)C(=O)Nc2c(C)nn(C)c2C)cc1. The topological polar surface area (TPSA) is 91.7 Å². The molecule has 0 bridgehead atoms. The third-order valence-corrected chi connectivity index (χ3v) is 3.85. The van der Waals surface area contributed by atoms with Crippen molar-refractivity contribution in [2.24, 2.45) is 7.05 Å². The van der Waals surface area contributed by atoms with Crippen LogP contribution in [0.2, 0.25) is 0 Å². The number of nitrogens with one attached hydrogen (secondary N) is 1. The molecule has 8 heteroatoms. The predicted molar refractivity (Wildman–Crippen MR) is 95.4 cm³/mol. The molecular formula is C18H23N3O5. The molecule has 1 heterocycles. The lowest BCUT2D eigenvalue weighted by molar-refractivity contribution is -0.155. The van der Waals surface area contributed by atoms with Crippen LogP contribution in [-0.4, -0.2) is 41.5 Å².